The average Bonchev–Trinajstić information content (AvgIpc) is 3.59. The van der Waals surface area contributed by atoms with E-state index in [-0.39, 0.29) is 18.5 Å². The van der Waals surface area contributed by atoms with Crippen LogP contribution in [-0.2, 0) is 27.0 Å². The number of likely N-dealkylation sites (tertiary alicyclic amines) is 1. The Bertz CT molecular complexity index is 1500. The molecule has 0 spiro atoms. The maximum Gasteiger partial charge on any atom is 0.416 e. The molecule has 2 amide bonds. The van der Waals surface area contributed by atoms with Gasteiger partial charge in [0.25, 0.3) is 0 Å². The average molecular weight is 568 g/mol. The first-order valence-electron chi connectivity index (χ1n) is 13.8. The normalized spacial score (nSPS) is 24.6. The smallest absolute Gasteiger partial charge is 0.416 e. The predicted octanol–water partition coefficient (Wildman–Crippen LogP) is 5.63. The Kier molecular flexibility index (Phi) is 7.78. The van der Waals surface area contributed by atoms with Gasteiger partial charge in [-0.2, -0.15) is 13.2 Å². The van der Waals surface area contributed by atoms with Gasteiger partial charge in [0.05, 0.1) is 17.4 Å². The van der Waals surface area contributed by atoms with E-state index in [1.54, 1.807) is 6.20 Å². The van der Waals surface area contributed by atoms with Gasteiger partial charge in [0, 0.05) is 36.1 Å². The molecule has 5 rings (SSSR count). The number of alkyl halides is 3. The van der Waals surface area contributed by atoms with E-state index in [0.29, 0.717) is 12.0 Å². The molecule has 7 nitrogen and oxygen atoms in total. The molecule has 1 aromatic heterocycles. The molecule has 2 saturated heterocycles. The zero-order valence-corrected chi connectivity index (χ0v) is 22.6. The standard InChI is InChI=1S/C31H32F3N3O4/c1-2-3-4-5-6-9-15-37-27(38)24-25(28(37)39)30(29(40)41,17-20-18-35-23-14-8-7-13-22(20)23)36-26(24)19-11-10-12-21(16-19)31(32,33)34/h5-8,10-14,16,18,24-26,35-36H,2-4,9,15,17H2,1H3,(H,40,41)/b6-5+. The number of aromatic amines is 1. The molecule has 2 aliphatic heterocycles. The van der Waals surface area contributed by atoms with E-state index in [2.05, 4.69) is 17.2 Å². The van der Waals surface area contributed by atoms with Crippen molar-refractivity contribution in [2.75, 3.05) is 6.54 Å². The number of carbonyl (C=O) groups excluding carboxylic acids is 2. The summed E-state index contributed by atoms with van der Waals surface area (Å²) in [5.41, 5.74) is -1.33. The van der Waals surface area contributed by atoms with Crippen LogP contribution in [-0.4, -0.2) is 44.9 Å². The molecule has 0 bridgehead atoms. The van der Waals surface area contributed by atoms with E-state index >= 15 is 0 Å². The number of fused-ring (bicyclic) bond motifs is 2. The number of hydrogen-bond donors (Lipinski definition) is 3. The lowest BCUT2D eigenvalue weighted by molar-refractivity contribution is -0.151. The SMILES string of the molecule is CCCC/C=C/CCN1C(=O)C2C(c3cccc(C(F)(F)F)c3)NC(Cc3c[nH]c4ccccc34)(C(=O)O)C2C1=O. The Morgan fingerprint density at radius 2 is 1.83 bits per heavy atom. The van der Waals surface area contributed by atoms with Gasteiger partial charge in [0.1, 0.15) is 5.54 Å². The van der Waals surface area contributed by atoms with Crippen LogP contribution >= 0.6 is 0 Å². The number of nitrogens with one attached hydrogen (secondary N) is 2. The highest BCUT2D eigenvalue weighted by molar-refractivity contribution is 6.09. The summed E-state index contributed by atoms with van der Waals surface area (Å²) in [6.45, 7) is 2.15. The Morgan fingerprint density at radius 1 is 1.07 bits per heavy atom. The molecule has 4 unspecified atom stereocenters. The number of halogens is 3. The fraction of sp³-hybridized carbons (Fsp3) is 0.387. The fourth-order valence-corrected chi connectivity index (χ4v) is 6.25. The van der Waals surface area contributed by atoms with Crippen LogP contribution < -0.4 is 5.32 Å². The van der Waals surface area contributed by atoms with Gasteiger partial charge in [-0.15, -0.1) is 0 Å². The molecule has 3 heterocycles. The third-order valence-corrected chi connectivity index (χ3v) is 8.25. The van der Waals surface area contributed by atoms with Crippen molar-refractivity contribution in [1.82, 2.24) is 15.2 Å². The molecule has 2 aliphatic rings. The zero-order chi connectivity index (χ0) is 29.4. The predicted molar refractivity (Wildman–Crippen MR) is 147 cm³/mol. The number of carboxylic acids is 1. The summed E-state index contributed by atoms with van der Waals surface area (Å²) in [5, 5.41) is 14.4. The third kappa shape index (κ3) is 5.16. The molecule has 2 fully saturated rings. The first-order chi connectivity index (χ1) is 19.6. The largest absolute Gasteiger partial charge is 0.480 e. The first kappa shape index (κ1) is 28.6. The highest BCUT2D eigenvalue weighted by Gasteiger charge is 2.68. The van der Waals surface area contributed by atoms with E-state index in [1.165, 1.54) is 12.1 Å². The molecule has 10 heteroatoms. The maximum atomic E-state index is 13.9. The summed E-state index contributed by atoms with van der Waals surface area (Å²) in [6.07, 6.45) is 4.10. The van der Waals surface area contributed by atoms with Gasteiger partial charge in [-0.3, -0.25) is 24.6 Å². The molecule has 4 atom stereocenters. The van der Waals surface area contributed by atoms with E-state index < -0.39 is 52.9 Å². The number of hydrogen-bond acceptors (Lipinski definition) is 4. The topological polar surface area (TPSA) is 102 Å². The molecule has 0 radical (unpaired) electrons. The van der Waals surface area contributed by atoms with Crippen LogP contribution in [0, 0.1) is 11.8 Å². The van der Waals surface area contributed by atoms with Gasteiger partial charge in [0.15, 0.2) is 0 Å². The minimum absolute atomic E-state index is 0.0748. The number of benzene rings is 2. The molecule has 3 aromatic rings. The quantitative estimate of drug-likeness (QED) is 0.167. The van der Waals surface area contributed by atoms with Gasteiger partial charge in [0.2, 0.25) is 11.8 Å². The number of imide groups is 1. The summed E-state index contributed by atoms with van der Waals surface area (Å²) >= 11 is 0. The maximum absolute atomic E-state index is 13.9. The van der Waals surface area contributed by atoms with Crippen LogP contribution in [0.15, 0.2) is 66.9 Å². The van der Waals surface area contributed by atoms with E-state index in [0.717, 1.165) is 47.2 Å². The van der Waals surface area contributed by atoms with Gasteiger partial charge >= 0.3 is 12.1 Å². The van der Waals surface area contributed by atoms with Crippen molar-refractivity contribution >= 4 is 28.7 Å². The van der Waals surface area contributed by atoms with Gasteiger partial charge in [-0.1, -0.05) is 62.2 Å². The van der Waals surface area contributed by atoms with Crippen molar-refractivity contribution in [3.8, 4) is 0 Å². The van der Waals surface area contributed by atoms with Crippen LogP contribution in [0.1, 0.15) is 55.3 Å². The number of para-hydroxylation sites is 1. The third-order valence-electron chi connectivity index (χ3n) is 8.25. The van der Waals surface area contributed by atoms with Crippen LogP contribution in [0.5, 0.6) is 0 Å². The summed E-state index contributed by atoms with van der Waals surface area (Å²) in [7, 11) is 0. The Hall–Kier alpha value is -3.92. The lowest BCUT2D eigenvalue weighted by Gasteiger charge is -2.31. The molecular formula is C31H32F3N3O4. The number of unbranched alkanes of at least 4 members (excludes halogenated alkanes) is 2. The highest BCUT2D eigenvalue weighted by Crippen LogP contribution is 2.51. The number of carboxylic acid groups (broad SMARTS) is 1. The van der Waals surface area contributed by atoms with Crippen molar-refractivity contribution in [2.24, 2.45) is 11.8 Å². The summed E-state index contributed by atoms with van der Waals surface area (Å²) < 4.78 is 40.8. The molecule has 2 aromatic carbocycles. The summed E-state index contributed by atoms with van der Waals surface area (Å²) in [6, 6.07) is 10.7. The van der Waals surface area contributed by atoms with Crippen LogP contribution in [0.3, 0.4) is 0 Å². The number of allylic oxidation sites excluding steroid dienone is 1. The zero-order valence-electron chi connectivity index (χ0n) is 22.6. The Morgan fingerprint density at radius 3 is 2.56 bits per heavy atom. The number of H-pyrrole nitrogens is 1. The van der Waals surface area contributed by atoms with E-state index in [4.69, 9.17) is 0 Å². The number of carbonyl (C=O) groups is 3. The van der Waals surface area contributed by atoms with Crippen LogP contribution in [0.25, 0.3) is 10.9 Å². The number of aromatic nitrogens is 1. The number of aliphatic carboxylic acids is 1. The number of nitrogens with zero attached hydrogens (tertiary/aromatic N) is 1. The molecule has 0 aliphatic carbocycles. The molecular weight excluding hydrogens is 535 g/mol. The lowest BCUT2D eigenvalue weighted by Crippen LogP contribution is -2.57. The second-order valence-corrected chi connectivity index (χ2v) is 10.8. The molecule has 41 heavy (non-hydrogen) atoms. The first-order valence-corrected chi connectivity index (χ1v) is 13.8. The Balaban J connectivity index is 1.56. The second-order valence-electron chi connectivity index (χ2n) is 10.8. The van der Waals surface area contributed by atoms with Crippen LogP contribution in [0.2, 0.25) is 0 Å². The van der Waals surface area contributed by atoms with Crippen LogP contribution in [0.4, 0.5) is 13.2 Å². The van der Waals surface area contributed by atoms with Crippen molar-refractivity contribution < 1.29 is 32.7 Å². The van der Waals surface area contributed by atoms with Crippen molar-refractivity contribution in [3.63, 3.8) is 0 Å². The van der Waals surface area contributed by atoms with E-state index in [9.17, 15) is 32.7 Å². The highest BCUT2D eigenvalue weighted by atomic mass is 19.4. The molecule has 216 valence electrons. The minimum Gasteiger partial charge on any atom is -0.480 e. The number of rotatable bonds is 10. The van der Waals surface area contributed by atoms with Crippen molar-refractivity contribution in [1.29, 1.82) is 0 Å². The fourth-order valence-electron chi connectivity index (χ4n) is 6.25. The van der Waals surface area contributed by atoms with Gasteiger partial charge in [-0.05, 0) is 42.2 Å². The summed E-state index contributed by atoms with van der Waals surface area (Å²) in [4.78, 5) is 44.9. The minimum atomic E-state index is -4.63. The second kappa shape index (κ2) is 11.2. The summed E-state index contributed by atoms with van der Waals surface area (Å²) in [5.74, 6) is -5.00. The van der Waals surface area contributed by atoms with Gasteiger partial charge in [-0.25, -0.2) is 0 Å². The molecule has 3 N–H and O–H groups in total. The number of amides is 2. The van der Waals surface area contributed by atoms with Crippen molar-refractivity contribution in [2.45, 2.75) is 56.8 Å². The molecule has 0 saturated carbocycles. The van der Waals surface area contributed by atoms with Crippen molar-refractivity contribution in [3.05, 3.63) is 83.6 Å². The van der Waals surface area contributed by atoms with E-state index in [1.807, 2.05) is 36.4 Å². The lowest BCUT2D eigenvalue weighted by atomic mass is 9.76. The monoisotopic (exact) mass is 567 g/mol. The Labute approximate surface area is 235 Å². The van der Waals surface area contributed by atoms with Gasteiger partial charge < -0.3 is 10.1 Å².